The lowest BCUT2D eigenvalue weighted by Gasteiger charge is -2.34. The molecule has 8 heteroatoms. The summed E-state index contributed by atoms with van der Waals surface area (Å²) in [4.78, 5) is 25.1. The highest BCUT2D eigenvalue weighted by molar-refractivity contribution is 7.89. The number of carboxylic acid groups (broad SMARTS) is 1. The van der Waals surface area contributed by atoms with Gasteiger partial charge in [0.15, 0.2) is 0 Å². The van der Waals surface area contributed by atoms with Crippen molar-refractivity contribution in [2.75, 3.05) is 26.2 Å². The number of carboxylic acids is 1. The van der Waals surface area contributed by atoms with E-state index in [9.17, 15) is 18.0 Å². The summed E-state index contributed by atoms with van der Waals surface area (Å²) in [7, 11) is -3.69. The van der Waals surface area contributed by atoms with Gasteiger partial charge in [0, 0.05) is 32.6 Å². The smallest absolute Gasteiger partial charge is 0.335 e. The standard InChI is InChI=1S/C19H28N2O5S/c1-14(2)12-15(3)13-18(22)20-8-10-21(11-9-20)27(25,26)17-6-4-16(5-7-17)19(23)24/h4-7,14-15H,8-13H2,1-3H3,(H,23,24). The van der Waals surface area contributed by atoms with Crippen LogP contribution in [0.1, 0.15) is 44.0 Å². The van der Waals surface area contributed by atoms with Crippen LogP contribution in [-0.4, -0.2) is 60.8 Å². The molecular weight excluding hydrogens is 368 g/mol. The van der Waals surface area contributed by atoms with Gasteiger partial charge in [-0.15, -0.1) is 0 Å². The van der Waals surface area contributed by atoms with Gasteiger partial charge < -0.3 is 10.0 Å². The summed E-state index contributed by atoms with van der Waals surface area (Å²) in [6, 6.07) is 5.18. The molecule has 1 unspecified atom stereocenters. The van der Waals surface area contributed by atoms with E-state index in [-0.39, 0.29) is 29.5 Å². The Balaban J connectivity index is 1.95. The van der Waals surface area contributed by atoms with Gasteiger partial charge in [-0.3, -0.25) is 4.79 Å². The fraction of sp³-hybridized carbons (Fsp3) is 0.579. The maximum atomic E-state index is 12.7. The minimum absolute atomic E-state index is 0.0416. The molecule has 1 aromatic rings. The highest BCUT2D eigenvalue weighted by atomic mass is 32.2. The topological polar surface area (TPSA) is 95.0 Å². The molecule has 1 fully saturated rings. The highest BCUT2D eigenvalue weighted by Gasteiger charge is 2.30. The van der Waals surface area contributed by atoms with Crippen LogP contribution >= 0.6 is 0 Å². The monoisotopic (exact) mass is 396 g/mol. The minimum Gasteiger partial charge on any atom is -0.478 e. The summed E-state index contributed by atoms with van der Waals surface area (Å²) in [5, 5.41) is 8.92. The number of benzene rings is 1. The molecule has 0 aromatic heterocycles. The lowest BCUT2D eigenvalue weighted by atomic mass is 9.95. The lowest BCUT2D eigenvalue weighted by Crippen LogP contribution is -2.50. The molecule has 1 aliphatic rings. The number of sulfonamides is 1. The Labute approximate surface area is 161 Å². The summed E-state index contributed by atoms with van der Waals surface area (Å²) >= 11 is 0. The van der Waals surface area contributed by atoms with Crippen molar-refractivity contribution in [2.24, 2.45) is 11.8 Å². The number of piperazine rings is 1. The molecule has 1 atom stereocenters. The molecule has 0 bridgehead atoms. The zero-order valence-corrected chi connectivity index (χ0v) is 16.9. The molecule has 27 heavy (non-hydrogen) atoms. The Morgan fingerprint density at radius 1 is 1.04 bits per heavy atom. The van der Waals surface area contributed by atoms with Crippen LogP contribution in [0.15, 0.2) is 29.2 Å². The molecule has 0 spiro atoms. The van der Waals surface area contributed by atoms with Crippen molar-refractivity contribution in [3.63, 3.8) is 0 Å². The van der Waals surface area contributed by atoms with Crippen molar-refractivity contribution in [1.29, 1.82) is 0 Å². The molecule has 1 amide bonds. The summed E-state index contributed by atoms with van der Waals surface area (Å²) < 4.78 is 26.8. The highest BCUT2D eigenvalue weighted by Crippen LogP contribution is 2.20. The summed E-state index contributed by atoms with van der Waals surface area (Å²) in [5.74, 6) is -0.168. The van der Waals surface area contributed by atoms with E-state index in [2.05, 4.69) is 20.8 Å². The first kappa shape index (κ1) is 21.4. The first-order chi connectivity index (χ1) is 12.6. The van der Waals surface area contributed by atoms with Crippen LogP contribution in [0.2, 0.25) is 0 Å². The van der Waals surface area contributed by atoms with E-state index in [1.54, 1.807) is 4.90 Å². The van der Waals surface area contributed by atoms with Crippen LogP contribution in [0.25, 0.3) is 0 Å². The van der Waals surface area contributed by atoms with E-state index in [1.807, 2.05) is 0 Å². The van der Waals surface area contributed by atoms with Crippen LogP contribution in [-0.2, 0) is 14.8 Å². The van der Waals surface area contributed by atoms with Gasteiger partial charge in [0.05, 0.1) is 10.5 Å². The van der Waals surface area contributed by atoms with Crippen LogP contribution in [0.5, 0.6) is 0 Å². The van der Waals surface area contributed by atoms with Crippen LogP contribution in [0.3, 0.4) is 0 Å². The van der Waals surface area contributed by atoms with E-state index in [1.165, 1.54) is 28.6 Å². The van der Waals surface area contributed by atoms with Crippen LogP contribution < -0.4 is 0 Å². The van der Waals surface area contributed by atoms with Gasteiger partial charge in [-0.1, -0.05) is 20.8 Å². The molecule has 0 saturated carbocycles. The molecule has 0 aliphatic carbocycles. The number of hydrogen-bond acceptors (Lipinski definition) is 4. The molecule has 1 heterocycles. The summed E-state index contributed by atoms with van der Waals surface area (Å²) in [5.41, 5.74) is 0.0416. The van der Waals surface area contributed by atoms with Gasteiger partial charge in [0.25, 0.3) is 0 Å². The van der Waals surface area contributed by atoms with Crippen molar-refractivity contribution >= 4 is 21.9 Å². The number of hydrogen-bond donors (Lipinski definition) is 1. The van der Waals surface area contributed by atoms with Gasteiger partial charge in [0.2, 0.25) is 15.9 Å². The first-order valence-corrected chi connectivity index (χ1v) is 10.7. The molecule has 7 nitrogen and oxygen atoms in total. The Morgan fingerprint density at radius 2 is 1.59 bits per heavy atom. The van der Waals surface area contributed by atoms with Gasteiger partial charge >= 0.3 is 5.97 Å². The van der Waals surface area contributed by atoms with Crippen LogP contribution in [0.4, 0.5) is 0 Å². The van der Waals surface area contributed by atoms with Gasteiger partial charge in [0.1, 0.15) is 0 Å². The predicted octanol–water partition coefficient (Wildman–Crippen LogP) is 2.29. The number of carbonyl (C=O) groups excluding carboxylic acids is 1. The van der Waals surface area contributed by atoms with E-state index >= 15 is 0 Å². The number of rotatable bonds is 7. The molecule has 0 radical (unpaired) electrons. The third-order valence-electron chi connectivity index (χ3n) is 4.73. The Morgan fingerprint density at radius 3 is 2.07 bits per heavy atom. The quantitative estimate of drug-likeness (QED) is 0.763. The summed E-state index contributed by atoms with van der Waals surface area (Å²) in [6.07, 6.45) is 1.48. The van der Waals surface area contributed by atoms with Gasteiger partial charge in [-0.05, 0) is 42.5 Å². The van der Waals surface area contributed by atoms with E-state index in [0.29, 0.717) is 31.3 Å². The van der Waals surface area contributed by atoms with Gasteiger partial charge in [-0.2, -0.15) is 4.31 Å². The third kappa shape index (κ3) is 5.52. The average Bonchev–Trinajstić information content (AvgIpc) is 2.61. The fourth-order valence-corrected chi connectivity index (χ4v) is 4.83. The minimum atomic E-state index is -3.69. The van der Waals surface area contributed by atoms with Crippen molar-refractivity contribution in [3.05, 3.63) is 29.8 Å². The largest absolute Gasteiger partial charge is 0.478 e. The Bertz CT molecular complexity index is 766. The Hall–Kier alpha value is -1.93. The second kappa shape index (κ2) is 8.84. The molecule has 1 aliphatic heterocycles. The fourth-order valence-electron chi connectivity index (χ4n) is 3.41. The average molecular weight is 397 g/mol. The number of amides is 1. The zero-order chi connectivity index (χ0) is 20.2. The van der Waals surface area contributed by atoms with E-state index in [4.69, 9.17) is 5.11 Å². The molecule has 150 valence electrons. The van der Waals surface area contributed by atoms with Crippen molar-refractivity contribution < 1.29 is 23.1 Å². The number of carbonyl (C=O) groups is 2. The SMILES string of the molecule is CC(C)CC(C)CC(=O)N1CCN(S(=O)(=O)c2ccc(C(=O)O)cc2)CC1. The number of aromatic carboxylic acids is 1. The lowest BCUT2D eigenvalue weighted by molar-refractivity contribution is -0.133. The maximum absolute atomic E-state index is 12.7. The second-order valence-corrected chi connectivity index (χ2v) is 9.49. The molecule has 2 rings (SSSR count). The van der Waals surface area contributed by atoms with Crippen LogP contribution in [0, 0.1) is 11.8 Å². The van der Waals surface area contributed by atoms with E-state index in [0.717, 1.165) is 6.42 Å². The Kier molecular flexibility index (Phi) is 7.00. The molecule has 1 aromatic carbocycles. The normalized spacial score (nSPS) is 17.1. The van der Waals surface area contributed by atoms with Crippen molar-refractivity contribution in [2.45, 2.75) is 38.5 Å². The second-order valence-electron chi connectivity index (χ2n) is 7.55. The number of nitrogens with zero attached hydrogens (tertiary/aromatic N) is 2. The van der Waals surface area contributed by atoms with Crippen molar-refractivity contribution in [1.82, 2.24) is 9.21 Å². The summed E-state index contributed by atoms with van der Waals surface area (Å²) in [6.45, 7) is 7.57. The first-order valence-electron chi connectivity index (χ1n) is 9.22. The predicted molar refractivity (Wildman–Crippen MR) is 102 cm³/mol. The van der Waals surface area contributed by atoms with E-state index < -0.39 is 16.0 Å². The molecule has 1 saturated heterocycles. The van der Waals surface area contributed by atoms with Gasteiger partial charge in [-0.25, -0.2) is 13.2 Å². The molecule has 1 N–H and O–H groups in total. The molecular formula is C19H28N2O5S. The third-order valence-corrected chi connectivity index (χ3v) is 6.64. The zero-order valence-electron chi connectivity index (χ0n) is 16.1. The maximum Gasteiger partial charge on any atom is 0.335 e. The van der Waals surface area contributed by atoms with Crippen molar-refractivity contribution in [3.8, 4) is 0 Å².